The predicted molar refractivity (Wildman–Crippen MR) is 96.5 cm³/mol. The maximum Gasteiger partial charge on any atom is 0.231 e. The van der Waals surface area contributed by atoms with Crippen molar-refractivity contribution < 1.29 is 23.7 Å². The Morgan fingerprint density at radius 3 is 2.73 bits per heavy atom. The minimum absolute atomic E-state index is 0.0460. The zero-order valence-electron chi connectivity index (χ0n) is 14.8. The molecule has 0 unspecified atom stereocenters. The number of nitrogens with zero attached hydrogens (tertiary/aromatic N) is 1. The molecule has 0 saturated carbocycles. The number of rotatable bonds is 7. The summed E-state index contributed by atoms with van der Waals surface area (Å²) >= 11 is 0. The zero-order chi connectivity index (χ0) is 17.8. The molecule has 0 N–H and O–H groups in total. The Bertz CT molecular complexity index is 751. The van der Waals surface area contributed by atoms with E-state index in [9.17, 15) is 0 Å². The lowest BCUT2D eigenvalue weighted by molar-refractivity contribution is 0.0643. The van der Waals surface area contributed by atoms with Gasteiger partial charge in [0.2, 0.25) is 6.79 Å². The van der Waals surface area contributed by atoms with Crippen molar-refractivity contribution in [3.8, 4) is 28.7 Å². The summed E-state index contributed by atoms with van der Waals surface area (Å²) in [5, 5.41) is 0. The molecule has 0 amide bonds. The molecule has 4 rings (SSSR count). The molecule has 2 aliphatic heterocycles. The molecule has 6 nitrogen and oxygen atoms in total. The Hall–Kier alpha value is -2.60. The lowest BCUT2D eigenvalue weighted by Crippen LogP contribution is -2.39. The van der Waals surface area contributed by atoms with Crippen LogP contribution in [0.2, 0.25) is 0 Å². The number of fused-ring (bicyclic) bond motifs is 2. The molecule has 0 fully saturated rings. The van der Waals surface area contributed by atoms with Crippen molar-refractivity contribution in [1.29, 1.82) is 0 Å². The number of para-hydroxylation sites is 2. The van der Waals surface area contributed by atoms with Crippen LogP contribution in [0.15, 0.2) is 42.5 Å². The molecule has 2 heterocycles. The molecular weight excluding hydrogens is 334 g/mol. The van der Waals surface area contributed by atoms with E-state index in [1.54, 1.807) is 0 Å². The van der Waals surface area contributed by atoms with Gasteiger partial charge in [-0.15, -0.1) is 0 Å². The summed E-state index contributed by atoms with van der Waals surface area (Å²) in [5.41, 5.74) is 0. The second kappa shape index (κ2) is 7.74. The molecule has 0 saturated heterocycles. The first-order valence-electron chi connectivity index (χ1n) is 8.87. The summed E-state index contributed by atoms with van der Waals surface area (Å²) in [6, 6.07) is 13.4. The van der Waals surface area contributed by atoms with Gasteiger partial charge in [-0.05, 0) is 37.7 Å². The van der Waals surface area contributed by atoms with Crippen LogP contribution in [0, 0.1) is 0 Å². The lowest BCUT2D eigenvalue weighted by atomic mass is 10.2. The third-order valence-electron chi connectivity index (χ3n) is 4.38. The van der Waals surface area contributed by atoms with E-state index in [0.717, 1.165) is 48.3 Å². The van der Waals surface area contributed by atoms with E-state index in [1.807, 2.05) is 42.5 Å². The fourth-order valence-corrected chi connectivity index (χ4v) is 3.08. The molecule has 2 aliphatic rings. The van der Waals surface area contributed by atoms with Crippen LogP contribution in [0.4, 0.5) is 0 Å². The van der Waals surface area contributed by atoms with Crippen molar-refractivity contribution >= 4 is 0 Å². The van der Waals surface area contributed by atoms with Gasteiger partial charge in [-0.3, -0.25) is 0 Å². The third-order valence-corrected chi connectivity index (χ3v) is 4.38. The normalized spacial score (nSPS) is 17.4. The van der Waals surface area contributed by atoms with Gasteiger partial charge in [0.1, 0.15) is 18.5 Å². The fraction of sp³-hybridized carbons (Fsp3) is 0.400. The van der Waals surface area contributed by atoms with Gasteiger partial charge in [0.05, 0.1) is 6.61 Å². The average molecular weight is 357 g/mol. The largest absolute Gasteiger partial charge is 0.493 e. The topological polar surface area (TPSA) is 49.4 Å². The molecule has 138 valence electrons. The van der Waals surface area contributed by atoms with Gasteiger partial charge in [-0.25, -0.2) is 0 Å². The Kier molecular flexibility index (Phi) is 5.02. The maximum absolute atomic E-state index is 6.00. The highest BCUT2D eigenvalue weighted by Gasteiger charge is 2.21. The van der Waals surface area contributed by atoms with Gasteiger partial charge in [0, 0.05) is 19.2 Å². The van der Waals surface area contributed by atoms with Crippen LogP contribution in [0.1, 0.15) is 6.42 Å². The first-order valence-corrected chi connectivity index (χ1v) is 8.87. The molecular formula is C20H23NO5. The van der Waals surface area contributed by atoms with Crippen LogP contribution < -0.4 is 23.7 Å². The second-order valence-corrected chi connectivity index (χ2v) is 6.48. The summed E-state index contributed by atoms with van der Waals surface area (Å²) in [4.78, 5) is 2.24. The SMILES string of the molecule is CN(CCCOc1ccc2c(c1)OCO2)C[C@H]1COc2ccccc2O1. The highest BCUT2D eigenvalue weighted by molar-refractivity contribution is 5.46. The van der Waals surface area contributed by atoms with Crippen LogP contribution in [-0.2, 0) is 0 Å². The number of hydrogen-bond acceptors (Lipinski definition) is 6. The van der Waals surface area contributed by atoms with E-state index in [-0.39, 0.29) is 12.9 Å². The van der Waals surface area contributed by atoms with Crippen molar-refractivity contribution in [2.24, 2.45) is 0 Å². The summed E-state index contributed by atoms with van der Waals surface area (Å²) < 4.78 is 28.2. The Morgan fingerprint density at radius 1 is 1.00 bits per heavy atom. The summed E-state index contributed by atoms with van der Waals surface area (Å²) in [7, 11) is 2.09. The van der Waals surface area contributed by atoms with E-state index in [1.165, 1.54) is 0 Å². The number of likely N-dealkylation sites (N-methyl/N-ethyl adjacent to an activating group) is 1. The van der Waals surface area contributed by atoms with Crippen LogP contribution in [0.5, 0.6) is 28.7 Å². The van der Waals surface area contributed by atoms with Crippen molar-refractivity contribution in [1.82, 2.24) is 4.90 Å². The first-order chi connectivity index (χ1) is 12.8. The van der Waals surface area contributed by atoms with Crippen LogP contribution >= 0.6 is 0 Å². The van der Waals surface area contributed by atoms with E-state index >= 15 is 0 Å². The zero-order valence-corrected chi connectivity index (χ0v) is 14.8. The van der Waals surface area contributed by atoms with Crippen molar-refractivity contribution in [2.45, 2.75) is 12.5 Å². The van der Waals surface area contributed by atoms with Gasteiger partial charge in [-0.1, -0.05) is 12.1 Å². The molecule has 0 radical (unpaired) electrons. The molecule has 0 aliphatic carbocycles. The molecule has 0 bridgehead atoms. The summed E-state index contributed by atoms with van der Waals surface area (Å²) in [5.74, 6) is 3.96. The summed E-state index contributed by atoms with van der Waals surface area (Å²) in [6.07, 6.45) is 0.972. The molecule has 2 aromatic carbocycles. The average Bonchev–Trinajstić information content (AvgIpc) is 3.13. The van der Waals surface area contributed by atoms with E-state index < -0.39 is 0 Å². The predicted octanol–water partition coefficient (Wildman–Crippen LogP) is 2.96. The Labute approximate surface area is 153 Å². The van der Waals surface area contributed by atoms with Crippen molar-refractivity contribution in [2.75, 3.05) is 40.1 Å². The van der Waals surface area contributed by atoms with E-state index in [2.05, 4.69) is 11.9 Å². The smallest absolute Gasteiger partial charge is 0.231 e. The molecule has 2 aromatic rings. The molecule has 0 aromatic heterocycles. The van der Waals surface area contributed by atoms with Gasteiger partial charge in [0.15, 0.2) is 23.0 Å². The van der Waals surface area contributed by atoms with Gasteiger partial charge in [0.25, 0.3) is 0 Å². The quantitative estimate of drug-likeness (QED) is 0.710. The molecule has 0 spiro atoms. The lowest BCUT2D eigenvalue weighted by Gasteiger charge is -2.29. The molecule has 6 heteroatoms. The van der Waals surface area contributed by atoms with E-state index in [0.29, 0.717) is 13.2 Å². The van der Waals surface area contributed by atoms with Crippen molar-refractivity contribution in [3.05, 3.63) is 42.5 Å². The molecule has 26 heavy (non-hydrogen) atoms. The second-order valence-electron chi connectivity index (χ2n) is 6.48. The number of benzene rings is 2. The highest BCUT2D eigenvalue weighted by Crippen LogP contribution is 2.35. The maximum atomic E-state index is 6.00. The number of ether oxygens (including phenoxy) is 5. The van der Waals surface area contributed by atoms with Gasteiger partial charge in [-0.2, -0.15) is 0 Å². The van der Waals surface area contributed by atoms with Gasteiger partial charge >= 0.3 is 0 Å². The van der Waals surface area contributed by atoms with Crippen LogP contribution in [0.3, 0.4) is 0 Å². The Balaban J connectivity index is 1.17. The summed E-state index contributed by atoms with van der Waals surface area (Å²) in [6.45, 7) is 3.25. The molecule has 1 atom stereocenters. The Morgan fingerprint density at radius 2 is 1.81 bits per heavy atom. The monoisotopic (exact) mass is 357 g/mol. The minimum Gasteiger partial charge on any atom is -0.493 e. The van der Waals surface area contributed by atoms with Crippen molar-refractivity contribution in [3.63, 3.8) is 0 Å². The standard InChI is InChI=1S/C20H23NO5/c1-21(12-16-13-23-17-5-2-3-6-19(17)26-16)9-4-10-22-15-7-8-18-20(11-15)25-14-24-18/h2-3,5-8,11,16H,4,9-10,12-14H2,1H3/t16-/m0/s1. The van der Waals surface area contributed by atoms with Crippen LogP contribution in [-0.4, -0.2) is 51.1 Å². The first kappa shape index (κ1) is 16.8. The van der Waals surface area contributed by atoms with E-state index in [4.69, 9.17) is 23.7 Å². The van der Waals surface area contributed by atoms with Crippen LogP contribution in [0.25, 0.3) is 0 Å². The third kappa shape index (κ3) is 3.96. The minimum atomic E-state index is 0.0460. The highest BCUT2D eigenvalue weighted by atomic mass is 16.7. The fourth-order valence-electron chi connectivity index (χ4n) is 3.08. The number of hydrogen-bond donors (Lipinski definition) is 0. The van der Waals surface area contributed by atoms with Gasteiger partial charge < -0.3 is 28.6 Å².